The Balaban J connectivity index is 1.71. The lowest BCUT2D eigenvalue weighted by Gasteiger charge is -2.39. The van der Waals surface area contributed by atoms with Crippen molar-refractivity contribution in [3.63, 3.8) is 0 Å². The summed E-state index contributed by atoms with van der Waals surface area (Å²) in [5.41, 5.74) is 0.599. The van der Waals surface area contributed by atoms with Crippen LogP contribution in [0.15, 0.2) is 0 Å². The summed E-state index contributed by atoms with van der Waals surface area (Å²) in [6.45, 7) is 11.3. The van der Waals surface area contributed by atoms with E-state index in [0.29, 0.717) is 5.41 Å². The molecule has 0 amide bonds. The first-order chi connectivity index (χ1) is 7.16. The number of rotatable bonds is 2. The normalized spacial score (nSPS) is 32.8. The molecule has 2 nitrogen and oxygen atoms in total. The van der Waals surface area contributed by atoms with E-state index >= 15 is 0 Å². The molecule has 0 spiro atoms. The van der Waals surface area contributed by atoms with Crippen LogP contribution in [0.1, 0.15) is 39.5 Å². The first kappa shape index (κ1) is 11.4. The van der Waals surface area contributed by atoms with E-state index in [0.717, 1.165) is 5.92 Å². The van der Waals surface area contributed by atoms with Gasteiger partial charge in [0.15, 0.2) is 0 Å². The van der Waals surface area contributed by atoms with Gasteiger partial charge < -0.3 is 10.2 Å². The first-order valence-corrected chi connectivity index (χ1v) is 6.59. The minimum atomic E-state index is 0.599. The van der Waals surface area contributed by atoms with Crippen molar-refractivity contribution < 1.29 is 0 Å². The fraction of sp³-hybridized carbons (Fsp3) is 1.00. The third-order valence-electron chi connectivity index (χ3n) is 4.12. The van der Waals surface area contributed by atoms with Gasteiger partial charge in [-0.2, -0.15) is 0 Å². The van der Waals surface area contributed by atoms with E-state index in [9.17, 15) is 0 Å². The molecule has 1 atom stereocenters. The smallest absolute Gasteiger partial charge is 0.00218 e. The Bertz CT molecular complexity index is 185. The molecule has 2 saturated heterocycles. The van der Waals surface area contributed by atoms with Crippen LogP contribution in [0.2, 0.25) is 0 Å². The molecule has 0 aromatic carbocycles. The van der Waals surface area contributed by atoms with Gasteiger partial charge in [0, 0.05) is 6.54 Å². The predicted molar refractivity (Wildman–Crippen MR) is 65.0 cm³/mol. The lowest BCUT2D eigenvalue weighted by molar-refractivity contribution is 0.111. The van der Waals surface area contributed by atoms with Crippen molar-refractivity contribution in [2.75, 3.05) is 32.7 Å². The molecule has 2 heteroatoms. The zero-order valence-corrected chi connectivity index (χ0v) is 10.4. The van der Waals surface area contributed by atoms with E-state index in [4.69, 9.17) is 0 Å². The van der Waals surface area contributed by atoms with Gasteiger partial charge in [-0.05, 0) is 63.2 Å². The molecule has 0 saturated carbocycles. The molecule has 0 aliphatic carbocycles. The summed E-state index contributed by atoms with van der Waals surface area (Å²) in [5, 5.41) is 3.51. The maximum atomic E-state index is 3.51. The van der Waals surface area contributed by atoms with Gasteiger partial charge >= 0.3 is 0 Å². The molecular weight excluding hydrogens is 184 g/mol. The average Bonchev–Trinajstić information content (AvgIpc) is 2.23. The van der Waals surface area contributed by atoms with Gasteiger partial charge in [0.1, 0.15) is 0 Å². The van der Waals surface area contributed by atoms with Crippen LogP contribution >= 0.6 is 0 Å². The molecule has 2 fully saturated rings. The van der Waals surface area contributed by atoms with Crippen LogP contribution in [0.25, 0.3) is 0 Å². The van der Waals surface area contributed by atoms with Crippen molar-refractivity contribution in [3.8, 4) is 0 Å². The summed E-state index contributed by atoms with van der Waals surface area (Å²) in [6, 6.07) is 0. The predicted octanol–water partition coefficient (Wildman–Crippen LogP) is 2.11. The van der Waals surface area contributed by atoms with E-state index in [1.54, 1.807) is 0 Å². The molecule has 0 aromatic heterocycles. The Kier molecular flexibility index (Phi) is 3.68. The average molecular weight is 210 g/mol. The van der Waals surface area contributed by atoms with E-state index in [1.807, 2.05) is 0 Å². The fourth-order valence-electron chi connectivity index (χ4n) is 2.79. The van der Waals surface area contributed by atoms with Gasteiger partial charge in [0.05, 0.1) is 0 Å². The third kappa shape index (κ3) is 3.46. The molecule has 0 bridgehead atoms. The minimum Gasteiger partial charge on any atom is -0.316 e. The van der Waals surface area contributed by atoms with Gasteiger partial charge in [-0.25, -0.2) is 0 Å². The van der Waals surface area contributed by atoms with Crippen LogP contribution in [-0.4, -0.2) is 37.6 Å². The van der Waals surface area contributed by atoms with Crippen LogP contribution in [-0.2, 0) is 0 Å². The lowest BCUT2D eigenvalue weighted by Crippen LogP contribution is -2.43. The molecule has 15 heavy (non-hydrogen) atoms. The number of hydrogen-bond acceptors (Lipinski definition) is 2. The second kappa shape index (κ2) is 4.84. The Hall–Kier alpha value is -0.0800. The summed E-state index contributed by atoms with van der Waals surface area (Å²) < 4.78 is 0. The fourth-order valence-corrected chi connectivity index (χ4v) is 2.79. The summed E-state index contributed by atoms with van der Waals surface area (Å²) in [7, 11) is 0. The van der Waals surface area contributed by atoms with Crippen molar-refractivity contribution in [1.29, 1.82) is 0 Å². The van der Waals surface area contributed by atoms with Crippen molar-refractivity contribution >= 4 is 0 Å². The highest BCUT2D eigenvalue weighted by Gasteiger charge is 2.26. The van der Waals surface area contributed by atoms with E-state index in [1.165, 1.54) is 58.4 Å². The maximum absolute atomic E-state index is 3.51. The van der Waals surface area contributed by atoms with Gasteiger partial charge in [-0.15, -0.1) is 0 Å². The SMILES string of the molecule is CC1(C)CCN(CC2CCCNC2)CC1. The Labute approximate surface area is 94.4 Å². The third-order valence-corrected chi connectivity index (χ3v) is 4.12. The molecular formula is C13H26N2. The number of nitrogens with one attached hydrogen (secondary N) is 1. The highest BCUT2D eigenvalue weighted by atomic mass is 15.1. The number of piperidine rings is 2. The first-order valence-electron chi connectivity index (χ1n) is 6.59. The van der Waals surface area contributed by atoms with E-state index < -0.39 is 0 Å². The molecule has 88 valence electrons. The molecule has 0 radical (unpaired) electrons. The summed E-state index contributed by atoms with van der Waals surface area (Å²) >= 11 is 0. The molecule has 2 aliphatic rings. The largest absolute Gasteiger partial charge is 0.316 e. The highest BCUT2D eigenvalue weighted by Crippen LogP contribution is 2.30. The van der Waals surface area contributed by atoms with Gasteiger partial charge in [-0.3, -0.25) is 0 Å². The molecule has 2 heterocycles. The standard InChI is InChI=1S/C13H26N2/c1-13(2)5-8-15(9-6-13)11-12-4-3-7-14-10-12/h12,14H,3-11H2,1-2H3. The zero-order chi connectivity index (χ0) is 10.7. The van der Waals surface area contributed by atoms with Crippen LogP contribution in [0.4, 0.5) is 0 Å². The Morgan fingerprint density at radius 2 is 2.00 bits per heavy atom. The van der Waals surface area contributed by atoms with Gasteiger partial charge in [-0.1, -0.05) is 13.8 Å². The van der Waals surface area contributed by atoms with Crippen molar-refractivity contribution in [2.24, 2.45) is 11.3 Å². The van der Waals surface area contributed by atoms with Crippen LogP contribution in [0, 0.1) is 11.3 Å². The van der Waals surface area contributed by atoms with Crippen LogP contribution < -0.4 is 5.32 Å². The highest BCUT2D eigenvalue weighted by molar-refractivity contribution is 4.81. The van der Waals surface area contributed by atoms with Gasteiger partial charge in [0.2, 0.25) is 0 Å². The maximum Gasteiger partial charge on any atom is 0.00218 e. The number of nitrogens with zero attached hydrogens (tertiary/aromatic N) is 1. The topological polar surface area (TPSA) is 15.3 Å². The molecule has 2 aliphatic heterocycles. The van der Waals surface area contributed by atoms with Crippen molar-refractivity contribution in [2.45, 2.75) is 39.5 Å². The summed E-state index contributed by atoms with van der Waals surface area (Å²) in [5.74, 6) is 0.917. The minimum absolute atomic E-state index is 0.599. The van der Waals surface area contributed by atoms with E-state index in [-0.39, 0.29) is 0 Å². The number of likely N-dealkylation sites (tertiary alicyclic amines) is 1. The van der Waals surface area contributed by atoms with Crippen LogP contribution in [0.5, 0.6) is 0 Å². The van der Waals surface area contributed by atoms with Gasteiger partial charge in [0.25, 0.3) is 0 Å². The summed E-state index contributed by atoms with van der Waals surface area (Å²) in [6.07, 6.45) is 5.58. The molecule has 0 aromatic rings. The second-order valence-corrected chi connectivity index (χ2v) is 6.18. The molecule has 1 unspecified atom stereocenters. The zero-order valence-electron chi connectivity index (χ0n) is 10.4. The molecule has 1 N–H and O–H groups in total. The molecule has 2 rings (SSSR count). The quantitative estimate of drug-likeness (QED) is 0.751. The monoisotopic (exact) mass is 210 g/mol. The van der Waals surface area contributed by atoms with Crippen molar-refractivity contribution in [1.82, 2.24) is 10.2 Å². The van der Waals surface area contributed by atoms with Crippen molar-refractivity contribution in [3.05, 3.63) is 0 Å². The van der Waals surface area contributed by atoms with E-state index in [2.05, 4.69) is 24.1 Å². The van der Waals surface area contributed by atoms with Crippen LogP contribution in [0.3, 0.4) is 0 Å². The lowest BCUT2D eigenvalue weighted by atomic mass is 9.82. The number of hydrogen-bond donors (Lipinski definition) is 1. The Morgan fingerprint density at radius 3 is 2.60 bits per heavy atom. The second-order valence-electron chi connectivity index (χ2n) is 6.18. The summed E-state index contributed by atoms with van der Waals surface area (Å²) in [4.78, 5) is 2.68. The Morgan fingerprint density at radius 1 is 1.27 bits per heavy atom.